The van der Waals surface area contributed by atoms with E-state index in [4.69, 9.17) is 16.3 Å². The Morgan fingerprint density at radius 2 is 1.64 bits per heavy atom. The van der Waals surface area contributed by atoms with Crippen LogP contribution < -0.4 is 14.8 Å². The predicted molar refractivity (Wildman–Crippen MR) is 128 cm³/mol. The van der Waals surface area contributed by atoms with Gasteiger partial charge in [-0.05, 0) is 66.9 Å². The van der Waals surface area contributed by atoms with Crippen molar-refractivity contribution in [2.45, 2.75) is 36.0 Å². The molecule has 1 amide bonds. The fourth-order valence-corrected chi connectivity index (χ4v) is 6.94. The molecule has 3 aromatic rings. The van der Waals surface area contributed by atoms with Crippen LogP contribution in [-0.2, 0) is 21.4 Å². The number of ether oxygens (including phenoxy) is 2. The lowest BCUT2D eigenvalue weighted by Gasteiger charge is -2.22. The van der Waals surface area contributed by atoms with E-state index in [2.05, 4.69) is 10.1 Å². The lowest BCUT2D eigenvalue weighted by Crippen LogP contribution is -2.45. The molecule has 0 unspecified atom stereocenters. The molecule has 36 heavy (non-hydrogen) atoms. The van der Waals surface area contributed by atoms with Gasteiger partial charge in [0, 0.05) is 13.1 Å². The summed E-state index contributed by atoms with van der Waals surface area (Å²) >= 11 is 6.83. The Bertz CT molecular complexity index is 1310. The van der Waals surface area contributed by atoms with Gasteiger partial charge in [-0.1, -0.05) is 23.7 Å². The second-order valence-electron chi connectivity index (χ2n) is 7.82. The second kappa shape index (κ2) is 10.7. The number of nitrogens with one attached hydrogen (secondary N) is 1. The van der Waals surface area contributed by atoms with E-state index in [0.717, 1.165) is 29.0 Å². The Morgan fingerprint density at radius 3 is 2.22 bits per heavy atom. The van der Waals surface area contributed by atoms with E-state index in [9.17, 15) is 26.4 Å². The molecule has 1 aliphatic rings. The van der Waals surface area contributed by atoms with Crippen molar-refractivity contribution in [3.63, 3.8) is 0 Å². The topological polar surface area (TPSA) is 84.9 Å². The SMILES string of the molecule is O=C(NCc1ccc(Oc2ccc(OC(F)(F)F)cc2)cc1)[C@@H]1CCCN1S(=O)(=O)c1ccc(Cl)s1. The van der Waals surface area contributed by atoms with Gasteiger partial charge in [0.05, 0.1) is 4.34 Å². The van der Waals surface area contributed by atoms with Crippen LogP contribution >= 0.6 is 22.9 Å². The van der Waals surface area contributed by atoms with Gasteiger partial charge in [0.2, 0.25) is 5.91 Å². The van der Waals surface area contributed by atoms with Crippen LogP contribution in [0, 0.1) is 0 Å². The minimum Gasteiger partial charge on any atom is -0.457 e. The lowest BCUT2D eigenvalue weighted by molar-refractivity contribution is -0.274. The molecule has 1 atom stereocenters. The first-order valence-corrected chi connectivity index (χ1v) is 13.3. The number of benzene rings is 2. The highest BCUT2D eigenvalue weighted by molar-refractivity contribution is 7.91. The Hall–Kier alpha value is -2.80. The van der Waals surface area contributed by atoms with Crippen LogP contribution in [0.25, 0.3) is 0 Å². The van der Waals surface area contributed by atoms with E-state index in [0.29, 0.717) is 28.7 Å². The average Bonchev–Trinajstić information content (AvgIpc) is 3.49. The van der Waals surface area contributed by atoms with Crippen LogP contribution in [0.1, 0.15) is 18.4 Å². The highest BCUT2D eigenvalue weighted by Gasteiger charge is 2.40. The number of hydrogen-bond donors (Lipinski definition) is 1. The number of halogens is 4. The van der Waals surface area contributed by atoms with Crippen molar-refractivity contribution in [3.05, 3.63) is 70.6 Å². The highest BCUT2D eigenvalue weighted by atomic mass is 35.5. The smallest absolute Gasteiger partial charge is 0.457 e. The van der Waals surface area contributed by atoms with E-state index in [1.165, 1.54) is 28.6 Å². The molecule has 0 saturated carbocycles. The molecular formula is C23H20ClF3N2O5S2. The number of hydrogen-bond acceptors (Lipinski definition) is 6. The number of carbonyl (C=O) groups excluding carboxylic acids is 1. The molecule has 4 rings (SSSR count). The fraction of sp³-hybridized carbons (Fsp3) is 0.261. The first-order valence-electron chi connectivity index (χ1n) is 10.7. The molecule has 192 valence electrons. The van der Waals surface area contributed by atoms with Gasteiger partial charge in [-0.15, -0.1) is 24.5 Å². The summed E-state index contributed by atoms with van der Waals surface area (Å²) in [6, 6.07) is 13.9. The summed E-state index contributed by atoms with van der Waals surface area (Å²) in [5.74, 6) is 0.0198. The quantitative estimate of drug-likeness (QED) is 0.390. The molecule has 0 spiro atoms. The molecule has 1 fully saturated rings. The number of amides is 1. The summed E-state index contributed by atoms with van der Waals surface area (Å²) < 4.78 is 73.7. The van der Waals surface area contributed by atoms with Crippen molar-refractivity contribution in [3.8, 4) is 17.2 Å². The Labute approximate surface area is 214 Å². The molecule has 2 heterocycles. The molecule has 1 aliphatic heterocycles. The number of rotatable bonds is 8. The number of sulfonamides is 1. The zero-order chi connectivity index (χ0) is 25.9. The van der Waals surface area contributed by atoms with Gasteiger partial charge in [-0.25, -0.2) is 8.42 Å². The van der Waals surface area contributed by atoms with Crippen molar-refractivity contribution in [1.82, 2.24) is 9.62 Å². The largest absolute Gasteiger partial charge is 0.573 e. The third-order valence-corrected chi connectivity index (χ3v) is 8.91. The van der Waals surface area contributed by atoms with Crippen molar-refractivity contribution in [1.29, 1.82) is 0 Å². The maximum atomic E-state index is 12.9. The standard InChI is InChI=1S/C23H20ClF3N2O5S2/c24-20-11-12-21(35-20)36(31,32)29-13-1-2-19(29)22(30)28-14-15-3-5-16(6-4-15)33-17-7-9-18(10-8-17)34-23(25,26)27/h3-12,19H,1-2,13-14H2,(H,28,30)/t19-/m0/s1. The maximum absolute atomic E-state index is 12.9. The summed E-state index contributed by atoms with van der Waals surface area (Å²) in [5.41, 5.74) is 0.752. The van der Waals surface area contributed by atoms with Crippen LogP contribution in [0.15, 0.2) is 64.9 Å². The molecular weight excluding hydrogens is 541 g/mol. The van der Waals surface area contributed by atoms with Gasteiger partial charge in [-0.3, -0.25) is 4.79 Å². The molecule has 1 N–H and O–H groups in total. The Balaban J connectivity index is 1.32. The van der Waals surface area contributed by atoms with Gasteiger partial charge in [0.1, 0.15) is 27.5 Å². The van der Waals surface area contributed by atoms with Crippen molar-refractivity contribution >= 4 is 38.9 Å². The zero-order valence-electron chi connectivity index (χ0n) is 18.5. The van der Waals surface area contributed by atoms with Crippen LogP contribution in [0.5, 0.6) is 17.2 Å². The van der Waals surface area contributed by atoms with Crippen molar-refractivity contribution in [2.75, 3.05) is 6.54 Å². The molecule has 0 aliphatic carbocycles. The minimum atomic E-state index is -4.77. The molecule has 13 heteroatoms. The van der Waals surface area contributed by atoms with Crippen LogP contribution in [0.2, 0.25) is 4.34 Å². The summed E-state index contributed by atoms with van der Waals surface area (Å²) in [6.07, 6.45) is -3.77. The van der Waals surface area contributed by atoms with Gasteiger partial charge in [0.15, 0.2) is 0 Å². The Kier molecular flexibility index (Phi) is 7.79. The molecule has 1 saturated heterocycles. The zero-order valence-corrected chi connectivity index (χ0v) is 20.9. The molecule has 2 aromatic carbocycles. The van der Waals surface area contributed by atoms with Crippen molar-refractivity contribution < 1.29 is 35.9 Å². The molecule has 0 radical (unpaired) electrons. The maximum Gasteiger partial charge on any atom is 0.573 e. The van der Waals surface area contributed by atoms with Crippen LogP contribution in [-0.4, -0.2) is 37.6 Å². The van der Waals surface area contributed by atoms with E-state index >= 15 is 0 Å². The van der Waals surface area contributed by atoms with Gasteiger partial charge < -0.3 is 14.8 Å². The second-order valence-corrected chi connectivity index (χ2v) is 11.6. The van der Waals surface area contributed by atoms with E-state index < -0.39 is 22.4 Å². The van der Waals surface area contributed by atoms with Crippen LogP contribution in [0.4, 0.5) is 13.2 Å². The summed E-state index contributed by atoms with van der Waals surface area (Å²) in [7, 11) is -3.82. The average molecular weight is 561 g/mol. The minimum absolute atomic E-state index is 0.102. The third-order valence-electron chi connectivity index (χ3n) is 5.30. The first kappa shape index (κ1) is 26.3. The number of nitrogens with zero attached hydrogens (tertiary/aromatic N) is 1. The number of thiophene rings is 1. The first-order chi connectivity index (χ1) is 17.0. The molecule has 0 bridgehead atoms. The fourth-order valence-electron chi connectivity index (χ4n) is 3.67. The van der Waals surface area contributed by atoms with E-state index in [-0.39, 0.29) is 29.0 Å². The van der Waals surface area contributed by atoms with Gasteiger partial charge >= 0.3 is 6.36 Å². The van der Waals surface area contributed by atoms with Crippen molar-refractivity contribution in [2.24, 2.45) is 0 Å². The van der Waals surface area contributed by atoms with E-state index in [1.807, 2.05) is 0 Å². The summed E-state index contributed by atoms with van der Waals surface area (Å²) in [6.45, 7) is 0.434. The van der Waals surface area contributed by atoms with Gasteiger partial charge in [-0.2, -0.15) is 4.31 Å². The number of carbonyl (C=O) groups is 1. The predicted octanol–water partition coefficient (Wildman–Crippen LogP) is 5.56. The van der Waals surface area contributed by atoms with E-state index in [1.54, 1.807) is 24.3 Å². The highest BCUT2D eigenvalue weighted by Crippen LogP contribution is 2.32. The van der Waals surface area contributed by atoms with Crippen LogP contribution in [0.3, 0.4) is 0 Å². The lowest BCUT2D eigenvalue weighted by atomic mass is 10.2. The number of alkyl halides is 3. The van der Waals surface area contributed by atoms with Gasteiger partial charge in [0.25, 0.3) is 10.0 Å². The molecule has 7 nitrogen and oxygen atoms in total. The normalized spacial score (nSPS) is 16.6. The molecule has 1 aromatic heterocycles. The third kappa shape index (κ3) is 6.49. The monoisotopic (exact) mass is 560 g/mol. The Morgan fingerprint density at radius 1 is 1.03 bits per heavy atom. The summed E-state index contributed by atoms with van der Waals surface area (Å²) in [4.78, 5) is 12.8. The summed E-state index contributed by atoms with van der Waals surface area (Å²) in [5, 5.41) is 2.78.